The van der Waals surface area contributed by atoms with E-state index in [0.29, 0.717) is 5.57 Å². The minimum absolute atomic E-state index is 0.0190. The van der Waals surface area contributed by atoms with E-state index in [0.717, 1.165) is 24.1 Å². The highest BCUT2D eigenvalue weighted by Crippen LogP contribution is 2.13. The average Bonchev–Trinajstić information content (AvgIpc) is 2.03. The summed E-state index contributed by atoms with van der Waals surface area (Å²) in [5, 5.41) is 9.23. The van der Waals surface area contributed by atoms with Crippen molar-refractivity contribution in [2.24, 2.45) is 4.99 Å². The number of hydrogen-bond donors (Lipinski definition) is 1. The van der Waals surface area contributed by atoms with Crippen LogP contribution in [0.15, 0.2) is 41.3 Å². The highest BCUT2D eigenvalue weighted by Gasteiger charge is 2.00. The van der Waals surface area contributed by atoms with Gasteiger partial charge in [0.15, 0.2) is 0 Å². The molecular formula is C12H19NO. The normalized spacial score (nSPS) is 12.8. The molecule has 0 aromatic heterocycles. The molecule has 0 heterocycles. The Morgan fingerprint density at radius 1 is 1.36 bits per heavy atom. The van der Waals surface area contributed by atoms with Gasteiger partial charge in [-0.25, -0.2) is 0 Å². The third-order valence-corrected chi connectivity index (χ3v) is 1.80. The van der Waals surface area contributed by atoms with Crippen LogP contribution >= 0.6 is 0 Å². The van der Waals surface area contributed by atoms with Crippen molar-refractivity contribution in [1.82, 2.24) is 0 Å². The summed E-state index contributed by atoms with van der Waals surface area (Å²) in [5.74, 6) is 0.0190. The number of aliphatic hydroxyl groups is 1. The lowest BCUT2D eigenvalue weighted by molar-refractivity contribution is 0.427. The zero-order chi connectivity index (χ0) is 11.1. The van der Waals surface area contributed by atoms with Gasteiger partial charge in [-0.15, -0.1) is 0 Å². The first kappa shape index (κ1) is 12.7. The van der Waals surface area contributed by atoms with Crippen LogP contribution < -0.4 is 0 Å². The van der Waals surface area contributed by atoms with Crippen LogP contribution in [0.5, 0.6) is 0 Å². The molecule has 2 nitrogen and oxygen atoms in total. The van der Waals surface area contributed by atoms with E-state index >= 15 is 0 Å². The van der Waals surface area contributed by atoms with E-state index in [9.17, 15) is 5.11 Å². The molecule has 0 bridgehead atoms. The maximum Gasteiger partial charge on any atom is 0.117 e. The van der Waals surface area contributed by atoms with E-state index in [1.807, 2.05) is 13.8 Å². The Morgan fingerprint density at radius 3 is 2.29 bits per heavy atom. The van der Waals surface area contributed by atoms with Crippen molar-refractivity contribution in [3.63, 3.8) is 0 Å². The van der Waals surface area contributed by atoms with E-state index in [4.69, 9.17) is 0 Å². The lowest BCUT2D eigenvalue weighted by Crippen LogP contribution is -1.91. The number of allylic oxidation sites excluding steroid dienone is 1. The molecule has 0 saturated heterocycles. The van der Waals surface area contributed by atoms with E-state index in [2.05, 4.69) is 25.1 Å². The molecule has 0 amide bonds. The van der Waals surface area contributed by atoms with Crippen LogP contribution in [-0.4, -0.2) is 10.8 Å². The summed E-state index contributed by atoms with van der Waals surface area (Å²) in [6, 6.07) is 0. The molecule has 0 unspecified atom stereocenters. The smallest absolute Gasteiger partial charge is 0.117 e. The summed E-state index contributed by atoms with van der Waals surface area (Å²) in [7, 11) is 0. The van der Waals surface area contributed by atoms with Crippen molar-refractivity contribution < 1.29 is 5.11 Å². The summed E-state index contributed by atoms with van der Waals surface area (Å²) in [6.45, 7) is 13.1. The summed E-state index contributed by atoms with van der Waals surface area (Å²) in [6.07, 6.45) is 3.67. The number of hydrogen-bond acceptors (Lipinski definition) is 2. The molecule has 0 aliphatic carbocycles. The molecule has 0 spiro atoms. The number of rotatable bonds is 5. The van der Waals surface area contributed by atoms with E-state index < -0.39 is 0 Å². The molecule has 0 aromatic rings. The highest BCUT2D eigenvalue weighted by atomic mass is 16.3. The van der Waals surface area contributed by atoms with Gasteiger partial charge in [0.2, 0.25) is 0 Å². The molecule has 2 heteroatoms. The predicted molar refractivity (Wildman–Crippen MR) is 62.7 cm³/mol. The second kappa shape index (κ2) is 6.19. The molecule has 0 aliphatic heterocycles. The Morgan fingerprint density at radius 2 is 1.93 bits per heavy atom. The second-order valence-corrected chi connectivity index (χ2v) is 3.38. The first-order valence-corrected chi connectivity index (χ1v) is 4.76. The Balaban J connectivity index is 4.68. The number of nitrogens with zero attached hydrogens (tertiary/aromatic N) is 1. The third kappa shape index (κ3) is 4.65. The second-order valence-electron chi connectivity index (χ2n) is 3.38. The molecule has 0 fully saturated rings. The largest absolute Gasteiger partial charge is 0.508 e. The molecular weight excluding hydrogens is 174 g/mol. The van der Waals surface area contributed by atoms with Crippen LogP contribution in [0.4, 0.5) is 0 Å². The first-order chi connectivity index (χ1) is 6.49. The van der Waals surface area contributed by atoms with Crippen molar-refractivity contribution in [2.45, 2.75) is 33.6 Å². The van der Waals surface area contributed by atoms with Crippen LogP contribution in [0.1, 0.15) is 33.6 Å². The van der Waals surface area contributed by atoms with Crippen molar-refractivity contribution in [2.75, 3.05) is 0 Å². The van der Waals surface area contributed by atoms with Crippen molar-refractivity contribution in [3.05, 3.63) is 36.3 Å². The molecule has 14 heavy (non-hydrogen) atoms. The Labute approximate surface area is 86.4 Å². The van der Waals surface area contributed by atoms with Gasteiger partial charge < -0.3 is 5.11 Å². The van der Waals surface area contributed by atoms with Crippen LogP contribution in [-0.2, 0) is 0 Å². The zero-order valence-electron chi connectivity index (χ0n) is 9.30. The molecule has 0 atom stereocenters. The number of aliphatic imine (C=N–C) groups is 1. The van der Waals surface area contributed by atoms with Gasteiger partial charge >= 0.3 is 0 Å². The monoisotopic (exact) mass is 193 g/mol. The van der Waals surface area contributed by atoms with Gasteiger partial charge in [-0.05, 0) is 25.8 Å². The van der Waals surface area contributed by atoms with Crippen LogP contribution in [0.3, 0.4) is 0 Å². The Hall–Kier alpha value is -1.31. The van der Waals surface area contributed by atoms with Gasteiger partial charge in [0.25, 0.3) is 0 Å². The first-order valence-electron chi connectivity index (χ1n) is 4.76. The third-order valence-electron chi connectivity index (χ3n) is 1.80. The Bertz CT molecular complexity index is 269. The van der Waals surface area contributed by atoms with Gasteiger partial charge in [-0.3, -0.25) is 4.99 Å². The van der Waals surface area contributed by atoms with Gasteiger partial charge in [0, 0.05) is 17.5 Å². The summed E-state index contributed by atoms with van der Waals surface area (Å²) < 4.78 is 0. The molecule has 1 N–H and O–H groups in total. The van der Waals surface area contributed by atoms with E-state index in [-0.39, 0.29) is 5.76 Å². The van der Waals surface area contributed by atoms with Crippen molar-refractivity contribution >= 4 is 5.71 Å². The molecule has 0 rings (SSSR count). The van der Waals surface area contributed by atoms with Crippen molar-refractivity contribution in [1.29, 1.82) is 0 Å². The molecule has 0 aliphatic rings. The fourth-order valence-corrected chi connectivity index (χ4v) is 1.03. The fraction of sp³-hybridized carbons (Fsp3) is 0.417. The zero-order valence-corrected chi connectivity index (χ0v) is 9.30. The predicted octanol–water partition coefficient (Wildman–Crippen LogP) is 3.78. The fourth-order valence-electron chi connectivity index (χ4n) is 1.03. The molecule has 0 saturated carbocycles. The van der Waals surface area contributed by atoms with Gasteiger partial charge in [-0.1, -0.05) is 26.5 Å². The van der Waals surface area contributed by atoms with Crippen molar-refractivity contribution in [3.8, 4) is 0 Å². The van der Waals surface area contributed by atoms with Crippen LogP contribution in [0.2, 0.25) is 0 Å². The van der Waals surface area contributed by atoms with Gasteiger partial charge in [-0.2, -0.15) is 0 Å². The van der Waals surface area contributed by atoms with Gasteiger partial charge in [0.05, 0.1) is 0 Å². The van der Waals surface area contributed by atoms with Crippen LogP contribution in [0.25, 0.3) is 0 Å². The summed E-state index contributed by atoms with van der Waals surface area (Å²) in [5.41, 5.74) is 2.43. The summed E-state index contributed by atoms with van der Waals surface area (Å²) >= 11 is 0. The quantitative estimate of drug-likeness (QED) is 0.402. The topological polar surface area (TPSA) is 32.6 Å². The summed E-state index contributed by atoms with van der Waals surface area (Å²) in [4.78, 5) is 4.23. The minimum Gasteiger partial charge on any atom is -0.508 e. The number of aliphatic hydroxyl groups excluding tert-OH is 1. The average molecular weight is 193 g/mol. The Kier molecular flexibility index (Phi) is 5.61. The van der Waals surface area contributed by atoms with Gasteiger partial charge in [0.1, 0.15) is 5.76 Å². The van der Waals surface area contributed by atoms with E-state index in [1.165, 1.54) is 0 Å². The lowest BCUT2D eigenvalue weighted by Gasteiger charge is -2.02. The van der Waals surface area contributed by atoms with Crippen LogP contribution in [0, 0.1) is 0 Å². The maximum atomic E-state index is 9.23. The maximum absolute atomic E-state index is 9.23. The minimum atomic E-state index is 0.0190. The van der Waals surface area contributed by atoms with E-state index in [1.54, 1.807) is 6.20 Å². The SMILES string of the molecule is C=C(C)/C(=C\N=C(C)CCC)C(=C)O. The molecule has 78 valence electrons. The molecule has 0 radical (unpaired) electrons. The standard InChI is InChI=1S/C12H19NO/c1-6-7-10(4)13-8-12(9(2)3)11(5)14/h8,14H,2,5-7H2,1,3-4H3/b12-8+,13-10?. The lowest BCUT2D eigenvalue weighted by atomic mass is 10.1. The highest BCUT2D eigenvalue weighted by molar-refractivity contribution is 5.82. The molecule has 0 aromatic carbocycles.